The number of allylic oxidation sites excluding steroid dienone is 1. The maximum atomic E-state index is 4.46. The molecule has 0 saturated carbocycles. The number of hydrogen-bond donors (Lipinski definition) is 0. The third-order valence-corrected chi connectivity index (χ3v) is 12.6. The number of anilines is 6. The van der Waals surface area contributed by atoms with Crippen molar-refractivity contribution in [3.05, 3.63) is 186 Å². The van der Waals surface area contributed by atoms with Crippen LogP contribution in [0.1, 0.15) is 48.6 Å². The van der Waals surface area contributed by atoms with E-state index in [2.05, 4.69) is 229 Å². The van der Waals surface area contributed by atoms with Crippen LogP contribution < -0.4 is 9.80 Å². The molecule has 8 rings (SSSR count). The fraction of sp³-hybridized carbons (Fsp3) is 0.102. The summed E-state index contributed by atoms with van der Waals surface area (Å²) < 4.78 is 0. The maximum Gasteiger partial charge on any atom is 0.0543 e. The molecule has 260 valence electrons. The highest BCUT2D eigenvalue weighted by Crippen LogP contribution is 2.56. The highest BCUT2D eigenvalue weighted by Gasteiger charge is 2.39. The van der Waals surface area contributed by atoms with Crippen molar-refractivity contribution in [2.45, 2.75) is 38.0 Å². The summed E-state index contributed by atoms with van der Waals surface area (Å²) in [5.74, 6) is 0. The lowest BCUT2D eigenvalue weighted by Crippen LogP contribution is -2.19. The third-order valence-electron chi connectivity index (χ3n) is 10.6. The fourth-order valence-electron chi connectivity index (χ4n) is 8.06. The van der Waals surface area contributed by atoms with E-state index in [1.165, 1.54) is 43.5 Å². The van der Waals surface area contributed by atoms with Crippen LogP contribution in [0.15, 0.2) is 163 Å². The predicted octanol–water partition coefficient (Wildman–Crippen LogP) is 15.5. The van der Waals surface area contributed by atoms with Gasteiger partial charge >= 0.3 is 0 Å². The molecule has 0 fully saturated rings. The lowest BCUT2D eigenvalue weighted by molar-refractivity contribution is 0.660. The lowest BCUT2D eigenvalue weighted by atomic mass is 9.80. The molecule has 0 aromatic heterocycles. The quantitative estimate of drug-likeness (QED) is 0.134. The van der Waals surface area contributed by atoms with E-state index in [0.29, 0.717) is 0 Å². The van der Waals surface area contributed by atoms with Crippen LogP contribution in [-0.2, 0) is 5.41 Å². The van der Waals surface area contributed by atoms with Crippen LogP contribution >= 0.6 is 30.1 Å². The molecule has 0 atom stereocenters. The number of hydrogen-bond acceptors (Lipinski definition) is 3. The average Bonchev–Trinajstić information content (AvgIpc) is 3.41. The first kappa shape index (κ1) is 35.0. The van der Waals surface area contributed by atoms with Gasteiger partial charge < -0.3 is 9.80 Å². The Hall–Kier alpha value is -5.04. The van der Waals surface area contributed by atoms with E-state index >= 15 is 0 Å². The Labute approximate surface area is 330 Å². The van der Waals surface area contributed by atoms with Gasteiger partial charge in [0.2, 0.25) is 0 Å². The van der Waals surface area contributed by atoms with Gasteiger partial charge in [0.25, 0.3) is 0 Å². The number of para-hydroxylation sites is 2. The zero-order valence-electron chi connectivity index (χ0n) is 30.5. The minimum absolute atomic E-state index is 0.290. The normalized spacial score (nSPS) is 12.8. The molecule has 1 aliphatic carbocycles. The zero-order chi connectivity index (χ0) is 36.7. The van der Waals surface area contributed by atoms with Gasteiger partial charge in [0.05, 0.1) is 11.4 Å². The van der Waals surface area contributed by atoms with Crippen molar-refractivity contribution in [2.24, 2.45) is 0 Å². The summed E-state index contributed by atoms with van der Waals surface area (Å²) in [6.07, 6.45) is 6.48. The van der Waals surface area contributed by atoms with E-state index in [1.54, 1.807) is 8.93 Å². The Morgan fingerprint density at radius 3 is 2.02 bits per heavy atom. The minimum atomic E-state index is -0.290. The fourth-order valence-corrected chi connectivity index (χ4v) is 9.18. The Morgan fingerprint density at radius 2 is 1.28 bits per heavy atom. The number of halogens is 1. The predicted molar refractivity (Wildman–Crippen MR) is 240 cm³/mol. The Morgan fingerprint density at radius 1 is 0.623 bits per heavy atom. The number of benzene rings is 7. The second-order valence-electron chi connectivity index (χ2n) is 14.1. The van der Waals surface area contributed by atoms with Gasteiger partial charge in [0, 0.05) is 65.2 Å². The maximum absolute atomic E-state index is 4.46. The zero-order valence-corrected chi connectivity index (χ0v) is 33.5. The van der Waals surface area contributed by atoms with Crippen molar-refractivity contribution >= 4 is 87.2 Å². The minimum Gasteiger partial charge on any atom is -0.310 e. The molecule has 4 heteroatoms. The van der Waals surface area contributed by atoms with Crippen molar-refractivity contribution in [3.63, 3.8) is 0 Å². The molecule has 53 heavy (non-hydrogen) atoms. The van der Waals surface area contributed by atoms with Gasteiger partial charge in [-0.1, -0.05) is 126 Å². The molecule has 0 saturated heterocycles. The van der Waals surface area contributed by atoms with Gasteiger partial charge in [-0.3, -0.25) is 0 Å². The summed E-state index contributed by atoms with van der Waals surface area (Å²) >= 11 is 2.35. The first-order valence-electron chi connectivity index (χ1n) is 18.0. The van der Waals surface area contributed by atoms with E-state index in [-0.39, 0.29) is 5.41 Å². The largest absolute Gasteiger partial charge is 0.310 e. The molecule has 0 aliphatic heterocycles. The molecule has 0 N–H and O–H groups in total. The topological polar surface area (TPSA) is 6.48 Å². The molecule has 0 bridgehead atoms. The van der Waals surface area contributed by atoms with Crippen LogP contribution in [0.5, 0.6) is 0 Å². The van der Waals surface area contributed by atoms with Crippen molar-refractivity contribution in [1.29, 1.82) is 0 Å². The summed E-state index contributed by atoms with van der Waals surface area (Å²) in [4.78, 5) is 6.08. The van der Waals surface area contributed by atoms with E-state index in [9.17, 15) is 0 Å². The number of rotatable bonds is 9. The van der Waals surface area contributed by atoms with Crippen LogP contribution in [0.2, 0.25) is 0 Å². The summed E-state index contributed by atoms with van der Waals surface area (Å²) in [7, 11) is 1.73. The highest BCUT2D eigenvalue weighted by atomic mass is 127. The Balaban J connectivity index is 1.37. The second kappa shape index (κ2) is 14.4. The molecule has 0 spiro atoms. The van der Waals surface area contributed by atoms with Crippen molar-refractivity contribution < 1.29 is 0 Å². The van der Waals surface area contributed by atoms with E-state index in [1.807, 2.05) is 0 Å². The molecule has 0 amide bonds. The summed E-state index contributed by atoms with van der Waals surface area (Å²) in [5.41, 5.74) is 15.2. The second-order valence-corrected chi connectivity index (χ2v) is 16.0. The third kappa shape index (κ3) is 6.08. The number of aryl methyl sites for hydroxylation is 1. The molecular formula is C49H41IN2S. The van der Waals surface area contributed by atoms with Crippen LogP contribution in [-0.4, -0.2) is 0 Å². The van der Waals surface area contributed by atoms with Gasteiger partial charge in [-0.25, -0.2) is 0 Å². The number of nitrogens with zero attached hydrogens (tertiary/aromatic N) is 2. The molecule has 2 nitrogen and oxygen atoms in total. The lowest BCUT2D eigenvalue weighted by Gasteiger charge is -2.32. The van der Waals surface area contributed by atoms with Crippen LogP contribution in [0.4, 0.5) is 34.1 Å². The first-order chi connectivity index (χ1) is 25.8. The smallest absolute Gasteiger partial charge is 0.0543 e. The van der Waals surface area contributed by atoms with Gasteiger partial charge in [-0.15, -0.1) is 0 Å². The first-order valence-corrected chi connectivity index (χ1v) is 21.4. The monoisotopic (exact) mass is 816 g/mol. The SMILES string of the molecule is C=Cc1c(/C=C\C)c(N(c2ccccc2C)c2cccc3ccccc23)cc2c1-c1ccc(N(c3ccccc3)c3ccc(SI)cc3)cc1C2(C)C. The van der Waals surface area contributed by atoms with Gasteiger partial charge in [-0.05, 0) is 119 Å². The van der Waals surface area contributed by atoms with Crippen LogP contribution in [0.25, 0.3) is 34.1 Å². The van der Waals surface area contributed by atoms with Gasteiger partial charge in [0.1, 0.15) is 0 Å². The molecule has 0 unspecified atom stereocenters. The summed E-state index contributed by atoms with van der Waals surface area (Å²) in [5, 5.41) is 2.43. The van der Waals surface area contributed by atoms with E-state index in [4.69, 9.17) is 0 Å². The summed E-state index contributed by atoms with van der Waals surface area (Å²) in [6, 6.07) is 53.1. The standard InChI is InChI=1S/C49H41IN2S/c1-6-16-41-39(7-2)48-42-30-27-37(51(35-20-9-8-10-21-35)36-25-28-38(53-50)29-26-36)31-43(42)49(4,5)44(48)32-47(41)52(45-23-14-11-17-33(45)3)46-24-15-19-34-18-12-13-22-40(34)46/h6-32H,2H2,1,3-5H3/b16-6-. The van der Waals surface area contributed by atoms with Gasteiger partial charge in [-0.2, -0.15) is 0 Å². The van der Waals surface area contributed by atoms with Gasteiger partial charge in [0.15, 0.2) is 0 Å². The molecule has 7 aromatic carbocycles. The van der Waals surface area contributed by atoms with Crippen molar-refractivity contribution in [2.75, 3.05) is 9.80 Å². The van der Waals surface area contributed by atoms with Crippen LogP contribution in [0.3, 0.4) is 0 Å². The Bertz CT molecular complexity index is 2510. The van der Waals surface area contributed by atoms with Crippen molar-refractivity contribution in [3.8, 4) is 11.1 Å². The molecule has 0 heterocycles. The van der Waals surface area contributed by atoms with E-state index < -0.39 is 0 Å². The number of fused-ring (bicyclic) bond motifs is 4. The molecular weight excluding hydrogens is 776 g/mol. The molecule has 7 aromatic rings. The highest BCUT2D eigenvalue weighted by molar-refractivity contribution is 14.2. The van der Waals surface area contributed by atoms with Crippen LogP contribution in [0, 0.1) is 6.92 Å². The summed E-state index contributed by atoms with van der Waals surface area (Å²) in [6.45, 7) is 13.5. The van der Waals surface area contributed by atoms with Crippen molar-refractivity contribution in [1.82, 2.24) is 0 Å². The molecule has 1 aliphatic rings. The average molecular weight is 817 g/mol. The van der Waals surface area contributed by atoms with E-state index in [0.717, 1.165) is 45.3 Å². The Kier molecular flexibility index (Phi) is 9.52. The molecule has 0 radical (unpaired) electrons.